The lowest BCUT2D eigenvalue weighted by Crippen LogP contribution is -2.52. The van der Waals surface area contributed by atoms with Crippen molar-refractivity contribution in [3.8, 4) is 0 Å². The van der Waals surface area contributed by atoms with Crippen molar-refractivity contribution < 1.29 is 4.79 Å². The first-order valence-corrected chi connectivity index (χ1v) is 8.94. The fraction of sp³-hybridized carbons (Fsp3) is 0.611. The highest BCUT2D eigenvalue weighted by Crippen LogP contribution is 2.39. The number of carbonyl (C=O) groups is 1. The van der Waals surface area contributed by atoms with E-state index in [0.29, 0.717) is 12.0 Å². The average molecular weight is 350 g/mol. The Balaban J connectivity index is 1.88. The zero-order chi connectivity index (χ0) is 15.0. The Morgan fingerprint density at radius 3 is 2.81 bits per heavy atom. The van der Waals surface area contributed by atoms with E-state index >= 15 is 0 Å². The number of fused-ring (bicyclic) bond motifs is 1. The number of amides is 1. The van der Waals surface area contributed by atoms with Gasteiger partial charge in [0, 0.05) is 22.6 Å². The second kappa shape index (κ2) is 6.12. The predicted octanol–water partition coefficient (Wildman–Crippen LogP) is 4.80. The molecule has 114 valence electrons. The maximum atomic E-state index is 13.0. The molecule has 2 aliphatic rings. The molecule has 1 aliphatic carbocycles. The highest BCUT2D eigenvalue weighted by atomic mass is 79.9. The van der Waals surface area contributed by atoms with E-state index in [2.05, 4.69) is 27.8 Å². The summed E-state index contributed by atoms with van der Waals surface area (Å²) in [7, 11) is 0. The molecular weight excluding hydrogens is 326 g/mol. The number of piperidine rings is 1. The molecule has 2 nitrogen and oxygen atoms in total. The summed E-state index contributed by atoms with van der Waals surface area (Å²) in [5.41, 5.74) is 1.94. The first-order valence-electron chi connectivity index (χ1n) is 8.15. The van der Waals surface area contributed by atoms with Crippen LogP contribution < -0.4 is 0 Å². The van der Waals surface area contributed by atoms with Gasteiger partial charge in [0.2, 0.25) is 0 Å². The number of rotatable bonds is 1. The third-order valence-corrected chi connectivity index (χ3v) is 5.92. The SMILES string of the molecule is Cc1ccc(Br)cc1C(=O)N1CCC(C)C2CCCCC21. The molecule has 3 heteroatoms. The van der Waals surface area contributed by atoms with Gasteiger partial charge in [0.15, 0.2) is 0 Å². The first kappa shape index (κ1) is 15.1. The summed E-state index contributed by atoms with van der Waals surface area (Å²) < 4.78 is 0.988. The molecule has 21 heavy (non-hydrogen) atoms. The van der Waals surface area contributed by atoms with Crippen molar-refractivity contribution in [3.05, 3.63) is 33.8 Å². The Kier molecular flexibility index (Phi) is 4.39. The molecule has 1 aromatic carbocycles. The van der Waals surface area contributed by atoms with Crippen molar-refractivity contribution in [2.75, 3.05) is 6.54 Å². The molecule has 1 heterocycles. The molecule has 2 fully saturated rings. The summed E-state index contributed by atoms with van der Waals surface area (Å²) in [6.07, 6.45) is 6.25. The number of benzene rings is 1. The molecule has 0 radical (unpaired) electrons. The van der Waals surface area contributed by atoms with Crippen LogP contribution in [0.25, 0.3) is 0 Å². The molecule has 0 aromatic heterocycles. The number of likely N-dealkylation sites (tertiary alicyclic amines) is 1. The Hall–Kier alpha value is -0.830. The van der Waals surface area contributed by atoms with Gasteiger partial charge in [0.1, 0.15) is 0 Å². The van der Waals surface area contributed by atoms with Crippen molar-refractivity contribution in [1.29, 1.82) is 0 Å². The van der Waals surface area contributed by atoms with Crippen LogP contribution in [0.15, 0.2) is 22.7 Å². The van der Waals surface area contributed by atoms with Gasteiger partial charge >= 0.3 is 0 Å². The third-order valence-electron chi connectivity index (χ3n) is 5.43. The number of carbonyl (C=O) groups excluding carboxylic acids is 1. The molecule has 0 bridgehead atoms. The highest BCUT2D eigenvalue weighted by molar-refractivity contribution is 9.10. The van der Waals surface area contributed by atoms with Gasteiger partial charge in [-0.25, -0.2) is 0 Å². The van der Waals surface area contributed by atoms with Crippen LogP contribution in [0.1, 0.15) is 54.9 Å². The molecule has 1 saturated heterocycles. The average Bonchev–Trinajstić information content (AvgIpc) is 2.50. The molecule has 3 unspecified atom stereocenters. The summed E-state index contributed by atoms with van der Waals surface area (Å²) in [6, 6.07) is 6.48. The summed E-state index contributed by atoms with van der Waals surface area (Å²) >= 11 is 3.50. The van der Waals surface area contributed by atoms with E-state index in [0.717, 1.165) is 34.5 Å². The van der Waals surface area contributed by atoms with E-state index in [4.69, 9.17) is 0 Å². The van der Waals surface area contributed by atoms with Crippen molar-refractivity contribution in [1.82, 2.24) is 4.90 Å². The van der Waals surface area contributed by atoms with Gasteiger partial charge in [-0.15, -0.1) is 0 Å². The van der Waals surface area contributed by atoms with Crippen LogP contribution in [0.3, 0.4) is 0 Å². The number of aryl methyl sites for hydroxylation is 1. The largest absolute Gasteiger partial charge is 0.335 e. The summed E-state index contributed by atoms with van der Waals surface area (Å²) in [5.74, 6) is 1.71. The zero-order valence-corrected chi connectivity index (χ0v) is 14.5. The van der Waals surface area contributed by atoms with Crippen molar-refractivity contribution >= 4 is 21.8 Å². The Morgan fingerprint density at radius 2 is 2.00 bits per heavy atom. The van der Waals surface area contributed by atoms with E-state index in [-0.39, 0.29) is 5.91 Å². The van der Waals surface area contributed by atoms with E-state index in [1.54, 1.807) is 0 Å². The lowest BCUT2D eigenvalue weighted by Gasteiger charge is -2.47. The van der Waals surface area contributed by atoms with Gasteiger partial charge in [0.05, 0.1) is 0 Å². The Labute approximate surface area is 136 Å². The van der Waals surface area contributed by atoms with E-state index < -0.39 is 0 Å². The van der Waals surface area contributed by atoms with E-state index in [9.17, 15) is 4.79 Å². The number of nitrogens with zero attached hydrogens (tertiary/aromatic N) is 1. The molecule has 0 N–H and O–H groups in total. The van der Waals surface area contributed by atoms with Gasteiger partial charge in [-0.1, -0.05) is 41.8 Å². The second-order valence-electron chi connectivity index (χ2n) is 6.74. The van der Waals surface area contributed by atoms with Crippen LogP contribution in [0.4, 0.5) is 0 Å². The van der Waals surface area contributed by atoms with Crippen LogP contribution in [0.5, 0.6) is 0 Å². The monoisotopic (exact) mass is 349 g/mol. The van der Waals surface area contributed by atoms with Crippen LogP contribution in [-0.2, 0) is 0 Å². The first-order chi connectivity index (χ1) is 10.1. The van der Waals surface area contributed by atoms with Crippen LogP contribution in [-0.4, -0.2) is 23.4 Å². The van der Waals surface area contributed by atoms with E-state index in [1.165, 1.54) is 25.7 Å². The van der Waals surface area contributed by atoms with Gasteiger partial charge in [-0.2, -0.15) is 0 Å². The molecule has 0 spiro atoms. The van der Waals surface area contributed by atoms with E-state index in [1.807, 2.05) is 25.1 Å². The minimum Gasteiger partial charge on any atom is -0.335 e. The number of hydrogen-bond acceptors (Lipinski definition) is 1. The topological polar surface area (TPSA) is 20.3 Å². The lowest BCUT2D eigenvalue weighted by molar-refractivity contribution is 0.0217. The molecule has 1 aromatic rings. The van der Waals surface area contributed by atoms with Crippen molar-refractivity contribution in [3.63, 3.8) is 0 Å². The quantitative estimate of drug-likeness (QED) is 0.713. The highest BCUT2D eigenvalue weighted by Gasteiger charge is 2.39. The fourth-order valence-corrected chi connectivity index (χ4v) is 4.51. The minimum absolute atomic E-state index is 0.234. The van der Waals surface area contributed by atoms with Gasteiger partial charge < -0.3 is 4.90 Å². The molecular formula is C18H24BrNO. The Morgan fingerprint density at radius 1 is 1.24 bits per heavy atom. The molecule has 3 atom stereocenters. The standard InChI is InChI=1S/C18H24BrNO/c1-12-7-8-14(19)11-16(12)18(21)20-10-9-13(2)15-5-3-4-6-17(15)20/h7-8,11,13,15,17H,3-6,9-10H2,1-2H3. The third kappa shape index (κ3) is 2.90. The maximum Gasteiger partial charge on any atom is 0.254 e. The van der Waals surface area contributed by atoms with Crippen LogP contribution >= 0.6 is 15.9 Å². The van der Waals surface area contributed by atoms with Crippen molar-refractivity contribution in [2.24, 2.45) is 11.8 Å². The number of hydrogen-bond donors (Lipinski definition) is 0. The fourth-order valence-electron chi connectivity index (χ4n) is 4.14. The Bertz CT molecular complexity index is 542. The minimum atomic E-state index is 0.234. The second-order valence-corrected chi connectivity index (χ2v) is 7.66. The maximum absolute atomic E-state index is 13.0. The summed E-state index contributed by atoms with van der Waals surface area (Å²) in [6.45, 7) is 5.33. The smallest absolute Gasteiger partial charge is 0.254 e. The molecule has 1 aliphatic heterocycles. The van der Waals surface area contributed by atoms with Crippen LogP contribution in [0.2, 0.25) is 0 Å². The number of halogens is 1. The summed E-state index contributed by atoms with van der Waals surface area (Å²) in [4.78, 5) is 15.2. The molecule has 3 rings (SSSR count). The van der Waals surface area contributed by atoms with Crippen molar-refractivity contribution in [2.45, 2.75) is 52.0 Å². The summed E-state index contributed by atoms with van der Waals surface area (Å²) in [5, 5.41) is 0. The predicted molar refractivity (Wildman–Crippen MR) is 89.4 cm³/mol. The van der Waals surface area contributed by atoms with Gasteiger partial charge in [-0.05, 0) is 55.7 Å². The van der Waals surface area contributed by atoms with Crippen LogP contribution in [0, 0.1) is 18.8 Å². The lowest BCUT2D eigenvalue weighted by atomic mass is 9.72. The van der Waals surface area contributed by atoms with Gasteiger partial charge in [-0.3, -0.25) is 4.79 Å². The molecule has 1 amide bonds. The molecule has 1 saturated carbocycles. The van der Waals surface area contributed by atoms with Gasteiger partial charge in [0.25, 0.3) is 5.91 Å². The zero-order valence-electron chi connectivity index (χ0n) is 12.9. The normalized spacial score (nSPS) is 29.1.